The summed E-state index contributed by atoms with van der Waals surface area (Å²) in [7, 11) is 8.12. The van der Waals surface area contributed by atoms with Crippen LogP contribution in [0, 0.1) is 0 Å². The lowest BCUT2D eigenvalue weighted by atomic mass is 10.1. The number of halogens is 1. The Labute approximate surface area is 196 Å². The highest BCUT2D eigenvalue weighted by molar-refractivity contribution is 14.0. The number of guanidine groups is 1. The third-order valence-corrected chi connectivity index (χ3v) is 4.87. The fourth-order valence-electron chi connectivity index (χ4n) is 3.36. The van der Waals surface area contributed by atoms with Crippen molar-refractivity contribution in [1.82, 2.24) is 24.9 Å². The van der Waals surface area contributed by atoms with Gasteiger partial charge in [-0.1, -0.05) is 6.07 Å². The number of nitrogens with zero attached hydrogens (tertiary/aromatic N) is 5. The van der Waals surface area contributed by atoms with Crippen LogP contribution in [0.2, 0.25) is 0 Å². The van der Waals surface area contributed by atoms with Gasteiger partial charge in [0.05, 0.1) is 18.8 Å². The van der Waals surface area contributed by atoms with Crippen LogP contribution >= 0.6 is 24.0 Å². The van der Waals surface area contributed by atoms with E-state index in [1.165, 1.54) is 0 Å². The Hall–Kier alpha value is -2.01. The second-order valence-corrected chi connectivity index (χ2v) is 7.46. The minimum Gasteiger partial charge on any atom is -0.486 e. The van der Waals surface area contributed by atoms with Crippen LogP contribution < -0.4 is 14.8 Å². The Bertz CT molecular complexity index is 839. The van der Waals surface area contributed by atoms with Crippen molar-refractivity contribution in [2.45, 2.75) is 19.5 Å². The monoisotopic (exact) mass is 528 g/mol. The van der Waals surface area contributed by atoms with Crippen molar-refractivity contribution in [2.75, 3.05) is 47.4 Å². The molecule has 0 spiro atoms. The number of hydrogen-bond acceptors (Lipinski definition) is 5. The number of aromatic nitrogens is 2. The van der Waals surface area contributed by atoms with Gasteiger partial charge >= 0.3 is 0 Å². The van der Waals surface area contributed by atoms with Gasteiger partial charge in [0.15, 0.2) is 17.5 Å². The molecule has 1 aliphatic rings. The summed E-state index contributed by atoms with van der Waals surface area (Å²) >= 11 is 0. The first-order valence-electron chi connectivity index (χ1n) is 10.0. The number of aliphatic imine (C=N–C) groups is 1. The molecule has 1 aromatic carbocycles. The number of ether oxygens (including phenoxy) is 2. The maximum absolute atomic E-state index is 5.71. The van der Waals surface area contributed by atoms with E-state index >= 15 is 0 Å². The molecule has 9 heteroatoms. The Balaban J connectivity index is 0.00000320. The highest BCUT2D eigenvalue weighted by Crippen LogP contribution is 2.31. The maximum atomic E-state index is 5.71. The van der Waals surface area contributed by atoms with Crippen LogP contribution in [-0.4, -0.2) is 73.0 Å². The maximum Gasteiger partial charge on any atom is 0.194 e. The fraction of sp³-hybridized carbons (Fsp3) is 0.524. The molecular weight excluding hydrogens is 495 g/mol. The van der Waals surface area contributed by atoms with Crippen molar-refractivity contribution in [3.8, 4) is 11.5 Å². The molecular formula is C21H33IN6O2. The van der Waals surface area contributed by atoms with Crippen molar-refractivity contribution in [1.29, 1.82) is 0 Å². The lowest BCUT2D eigenvalue weighted by molar-refractivity contribution is 0.171. The van der Waals surface area contributed by atoms with Crippen LogP contribution in [0.5, 0.6) is 11.5 Å². The van der Waals surface area contributed by atoms with Gasteiger partial charge in [-0.3, -0.25) is 9.67 Å². The number of nitrogens with one attached hydrogen (secondary N) is 1. The molecule has 0 aliphatic carbocycles. The Morgan fingerprint density at radius 1 is 1.23 bits per heavy atom. The number of hydrogen-bond donors (Lipinski definition) is 1. The van der Waals surface area contributed by atoms with Gasteiger partial charge in [0.1, 0.15) is 13.2 Å². The SMILES string of the molecule is CCNC(=NCC(c1cnn(C)c1)N(C)C)N(C)Cc1ccc2c(c1)OCCO2.I. The zero-order valence-electron chi connectivity index (χ0n) is 18.5. The van der Waals surface area contributed by atoms with E-state index in [1.807, 2.05) is 43.3 Å². The van der Waals surface area contributed by atoms with Crippen molar-refractivity contribution < 1.29 is 9.47 Å². The quantitative estimate of drug-likeness (QED) is 0.339. The molecule has 1 atom stereocenters. The molecule has 0 amide bonds. The fourth-order valence-corrected chi connectivity index (χ4v) is 3.36. The van der Waals surface area contributed by atoms with E-state index in [4.69, 9.17) is 14.5 Å². The molecule has 166 valence electrons. The van der Waals surface area contributed by atoms with E-state index in [-0.39, 0.29) is 30.0 Å². The van der Waals surface area contributed by atoms with E-state index in [1.54, 1.807) is 0 Å². The third kappa shape index (κ3) is 6.24. The molecule has 2 aromatic rings. The van der Waals surface area contributed by atoms with E-state index in [0.717, 1.165) is 41.7 Å². The van der Waals surface area contributed by atoms with Gasteiger partial charge in [-0.15, -0.1) is 24.0 Å². The smallest absolute Gasteiger partial charge is 0.194 e. The van der Waals surface area contributed by atoms with Crippen LogP contribution in [-0.2, 0) is 13.6 Å². The molecule has 8 nitrogen and oxygen atoms in total. The van der Waals surface area contributed by atoms with Crippen molar-refractivity contribution in [2.24, 2.45) is 12.0 Å². The van der Waals surface area contributed by atoms with Gasteiger partial charge < -0.3 is 24.6 Å². The number of benzene rings is 1. The second-order valence-electron chi connectivity index (χ2n) is 7.46. The Kier molecular flexibility index (Phi) is 9.22. The van der Waals surface area contributed by atoms with E-state index in [0.29, 0.717) is 19.8 Å². The topological polar surface area (TPSA) is 67.2 Å². The molecule has 1 unspecified atom stereocenters. The summed E-state index contributed by atoms with van der Waals surface area (Å²) in [6.45, 7) is 5.46. The molecule has 0 radical (unpaired) electrons. The van der Waals surface area contributed by atoms with Crippen LogP contribution in [0.25, 0.3) is 0 Å². The van der Waals surface area contributed by atoms with Gasteiger partial charge in [0.25, 0.3) is 0 Å². The minimum atomic E-state index is 0. The van der Waals surface area contributed by atoms with Crippen molar-refractivity contribution >= 4 is 29.9 Å². The largest absolute Gasteiger partial charge is 0.486 e. The average molecular weight is 528 g/mol. The van der Waals surface area contributed by atoms with E-state index in [2.05, 4.69) is 47.3 Å². The average Bonchev–Trinajstić information content (AvgIpc) is 3.12. The number of likely N-dealkylation sites (N-methyl/N-ethyl adjacent to an activating group) is 1. The molecule has 0 fully saturated rings. The predicted octanol–water partition coefficient (Wildman–Crippen LogP) is 2.51. The van der Waals surface area contributed by atoms with Crippen LogP contribution in [0.15, 0.2) is 35.6 Å². The van der Waals surface area contributed by atoms with Crippen LogP contribution in [0.1, 0.15) is 24.1 Å². The first-order valence-corrected chi connectivity index (χ1v) is 10.0. The second kappa shape index (κ2) is 11.4. The van der Waals surface area contributed by atoms with Crippen molar-refractivity contribution in [3.63, 3.8) is 0 Å². The Morgan fingerprint density at radius 2 is 1.97 bits per heavy atom. The molecule has 2 heterocycles. The van der Waals surface area contributed by atoms with Gasteiger partial charge in [-0.05, 0) is 38.7 Å². The zero-order chi connectivity index (χ0) is 20.8. The standard InChI is InChI=1S/C21H32N6O2.HI/c1-6-22-21(23-13-18(25(2)3)17-12-24-27(5)15-17)26(4)14-16-7-8-19-20(11-16)29-10-9-28-19;/h7-8,11-12,15,18H,6,9-10,13-14H2,1-5H3,(H,22,23);1H. The zero-order valence-corrected chi connectivity index (χ0v) is 20.8. The summed E-state index contributed by atoms with van der Waals surface area (Å²) in [4.78, 5) is 9.20. The molecule has 0 saturated heterocycles. The lowest BCUT2D eigenvalue weighted by Gasteiger charge is -2.26. The summed E-state index contributed by atoms with van der Waals surface area (Å²) in [6, 6.07) is 6.27. The highest BCUT2D eigenvalue weighted by Gasteiger charge is 2.17. The summed E-state index contributed by atoms with van der Waals surface area (Å²) in [6.07, 6.45) is 3.96. The summed E-state index contributed by atoms with van der Waals surface area (Å²) in [5.74, 6) is 2.50. The van der Waals surface area contributed by atoms with E-state index < -0.39 is 0 Å². The third-order valence-electron chi connectivity index (χ3n) is 4.87. The first kappa shape index (κ1) is 24.3. The van der Waals surface area contributed by atoms with Crippen molar-refractivity contribution in [3.05, 3.63) is 41.7 Å². The normalized spacial score (nSPS) is 14.3. The first-order chi connectivity index (χ1) is 14.0. The van der Waals surface area contributed by atoms with Gasteiger partial charge in [0, 0.05) is 38.9 Å². The van der Waals surface area contributed by atoms with Gasteiger partial charge in [-0.25, -0.2) is 0 Å². The molecule has 0 saturated carbocycles. The Morgan fingerprint density at radius 3 is 2.60 bits per heavy atom. The van der Waals surface area contributed by atoms with E-state index in [9.17, 15) is 0 Å². The van der Waals surface area contributed by atoms with Crippen LogP contribution in [0.3, 0.4) is 0 Å². The number of rotatable bonds is 7. The van der Waals surface area contributed by atoms with Crippen LogP contribution in [0.4, 0.5) is 0 Å². The lowest BCUT2D eigenvalue weighted by Crippen LogP contribution is -2.39. The summed E-state index contributed by atoms with van der Waals surface area (Å²) in [5, 5.41) is 7.70. The predicted molar refractivity (Wildman–Crippen MR) is 130 cm³/mol. The molecule has 1 N–H and O–H groups in total. The molecule has 1 aromatic heterocycles. The number of fused-ring (bicyclic) bond motifs is 1. The molecule has 3 rings (SSSR count). The number of aryl methyl sites for hydroxylation is 1. The summed E-state index contributed by atoms with van der Waals surface area (Å²) in [5.41, 5.74) is 2.31. The van der Waals surface area contributed by atoms with Gasteiger partial charge in [0.2, 0.25) is 0 Å². The summed E-state index contributed by atoms with van der Waals surface area (Å²) < 4.78 is 13.1. The molecule has 0 bridgehead atoms. The molecule has 30 heavy (non-hydrogen) atoms. The highest BCUT2D eigenvalue weighted by atomic mass is 127. The molecule has 1 aliphatic heterocycles. The van der Waals surface area contributed by atoms with Gasteiger partial charge in [-0.2, -0.15) is 5.10 Å². The minimum absolute atomic E-state index is 0.